The second-order valence-electron chi connectivity index (χ2n) is 5.77. The molecule has 0 saturated heterocycles. The summed E-state index contributed by atoms with van der Waals surface area (Å²) in [6, 6.07) is 7.14. The van der Waals surface area contributed by atoms with Gasteiger partial charge in [0.1, 0.15) is 5.75 Å². The van der Waals surface area contributed by atoms with Gasteiger partial charge in [0.2, 0.25) is 0 Å². The molecule has 1 unspecified atom stereocenters. The molecule has 0 radical (unpaired) electrons. The molecule has 0 aliphatic heterocycles. The molecule has 24 heavy (non-hydrogen) atoms. The van der Waals surface area contributed by atoms with Gasteiger partial charge in [-0.1, -0.05) is 37.5 Å². The topological polar surface area (TPSA) is 81.7 Å². The maximum Gasteiger partial charge on any atom is 0.413 e. The number of para-hydroxylation sites is 1. The molecule has 6 heteroatoms. The fraction of sp³-hybridized carbons (Fsp3) is 0.500. The number of hydrogen-bond donors (Lipinski definition) is 1. The van der Waals surface area contributed by atoms with Crippen molar-refractivity contribution in [2.45, 2.75) is 45.1 Å². The van der Waals surface area contributed by atoms with Crippen LogP contribution in [0, 0.1) is 5.92 Å². The van der Waals surface area contributed by atoms with Crippen molar-refractivity contribution in [3.8, 4) is 5.75 Å². The largest absolute Gasteiger partial charge is 0.464 e. The molecule has 1 fully saturated rings. The number of carbonyl (C=O) groups excluding carboxylic acids is 3. The molecule has 1 aromatic rings. The summed E-state index contributed by atoms with van der Waals surface area (Å²) in [6.45, 7) is 1.80. The zero-order chi connectivity index (χ0) is 17.4. The zero-order valence-corrected chi connectivity index (χ0v) is 13.8. The summed E-state index contributed by atoms with van der Waals surface area (Å²) in [6.07, 6.45) is 3.65. The Bertz CT molecular complexity index is 566. The number of carbonyl (C=O) groups is 3. The molecule has 1 aliphatic carbocycles. The van der Waals surface area contributed by atoms with Crippen LogP contribution in [0.2, 0.25) is 0 Å². The Kier molecular flexibility index (Phi) is 6.78. The predicted molar refractivity (Wildman–Crippen MR) is 87.6 cm³/mol. The first-order valence-corrected chi connectivity index (χ1v) is 8.35. The van der Waals surface area contributed by atoms with E-state index in [0.29, 0.717) is 5.75 Å². The number of benzene rings is 1. The smallest absolute Gasteiger partial charge is 0.413 e. The normalized spacial score (nSPS) is 16.0. The number of hydrogen-bond acceptors (Lipinski definition) is 5. The Balaban J connectivity index is 2.03. The van der Waals surface area contributed by atoms with Crippen molar-refractivity contribution < 1.29 is 23.9 Å². The van der Waals surface area contributed by atoms with Gasteiger partial charge in [-0.2, -0.15) is 0 Å². The molecule has 2 rings (SSSR count). The Morgan fingerprint density at radius 2 is 1.79 bits per heavy atom. The molecule has 1 N–H and O–H groups in total. The number of nitrogens with one attached hydrogen (secondary N) is 1. The van der Waals surface area contributed by atoms with Crippen molar-refractivity contribution in [1.82, 2.24) is 5.32 Å². The van der Waals surface area contributed by atoms with Crippen LogP contribution >= 0.6 is 0 Å². The van der Waals surface area contributed by atoms with Gasteiger partial charge in [-0.25, -0.2) is 9.59 Å². The van der Waals surface area contributed by atoms with Gasteiger partial charge in [0, 0.05) is 5.92 Å². The van der Waals surface area contributed by atoms with Gasteiger partial charge < -0.3 is 14.8 Å². The van der Waals surface area contributed by atoms with E-state index in [1.807, 2.05) is 0 Å². The Morgan fingerprint density at radius 1 is 1.12 bits per heavy atom. The summed E-state index contributed by atoms with van der Waals surface area (Å²) in [5.74, 6) is -0.913. The van der Waals surface area contributed by atoms with E-state index in [0.717, 1.165) is 32.1 Å². The Morgan fingerprint density at radius 3 is 2.42 bits per heavy atom. The predicted octanol–water partition coefficient (Wildman–Crippen LogP) is 2.86. The molecule has 1 saturated carbocycles. The Hall–Kier alpha value is -2.37. The first-order valence-electron chi connectivity index (χ1n) is 8.35. The second kappa shape index (κ2) is 9.05. The SMILES string of the molecule is CCOC(=O)C(NC(=O)Oc1ccccc1)C(=O)C1CCCCC1. The van der Waals surface area contributed by atoms with Crippen molar-refractivity contribution in [1.29, 1.82) is 0 Å². The van der Waals surface area contributed by atoms with Crippen molar-refractivity contribution in [2.24, 2.45) is 5.92 Å². The maximum absolute atomic E-state index is 12.6. The minimum absolute atomic E-state index is 0.142. The molecule has 0 bridgehead atoms. The minimum Gasteiger partial charge on any atom is -0.464 e. The lowest BCUT2D eigenvalue weighted by molar-refractivity contribution is -0.149. The average Bonchev–Trinajstić information content (AvgIpc) is 2.61. The van der Waals surface area contributed by atoms with Crippen LogP contribution in [0.1, 0.15) is 39.0 Å². The van der Waals surface area contributed by atoms with Crippen molar-refractivity contribution in [3.05, 3.63) is 30.3 Å². The summed E-state index contributed by atoms with van der Waals surface area (Å²) >= 11 is 0. The number of rotatable bonds is 6. The van der Waals surface area contributed by atoms with Crippen LogP contribution in [-0.2, 0) is 14.3 Å². The standard InChI is InChI=1S/C18H23NO5/c1-2-23-17(21)15(16(20)13-9-5-3-6-10-13)19-18(22)24-14-11-7-4-8-12-14/h4,7-8,11-13,15H,2-3,5-6,9-10H2,1H3,(H,19,22). The van der Waals surface area contributed by atoms with Gasteiger partial charge in [0.25, 0.3) is 0 Å². The number of esters is 1. The first-order chi connectivity index (χ1) is 11.6. The van der Waals surface area contributed by atoms with Gasteiger partial charge >= 0.3 is 12.1 Å². The molecule has 1 amide bonds. The van der Waals surface area contributed by atoms with Gasteiger partial charge in [-0.3, -0.25) is 4.79 Å². The van der Waals surface area contributed by atoms with Crippen molar-refractivity contribution >= 4 is 17.8 Å². The quantitative estimate of drug-likeness (QED) is 0.639. The van der Waals surface area contributed by atoms with Gasteiger partial charge in [-0.15, -0.1) is 0 Å². The minimum atomic E-state index is -1.32. The van der Waals surface area contributed by atoms with Crippen LogP contribution in [-0.4, -0.2) is 30.5 Å². The maximum atomic E-state index is 12.6. The van der Waals surface area contributed by atoms with E-state index in [-0.39, 0.29) is 18.3 Å². The highest BCUT2D eigenvalue weighted by Crippen LogP contribution is 2.25. The van der Waals surface area contributed by atoms with E-state index in [1.54, 1.807) is 37.3 Å². The van der Waals surface area contributed by atoms with E-state index in [2.05, 4.69) is 5.32 Å². The van der Waals surface area contributed by atoms with Crippen LogP contribution in [0.5, 0.6) is 5.75 Å². The van der Waals surface area contributed by atoms with E-state index >= 15 is 0 Å². The average molecular weight is 333 g/mol. The summed E-state index contributed by atoms with van der Waals surface area (Å²) < 4.78 is 10.0. The molecular weight excluding hydrogens is 310 g/mol. The first kappa shape index (κ1) is 18.0. The fourth-order valence-electron chi connectivity index (χ4n) is 2.84. The van der Waals surface area contributed by atoms with Gasteiger partial charge in [-0.05, 0) is 31.9 Å². The molecule has 0 aromatic heterocycles. The summed E-state index contributed by atoms with van der Waals surface area (Å²) in [5, 5.41) is 2.36. The molecule has 1 atom stereocenters. The van der Waals surface area contributed by atoms with Crippen molar-refractivity contribution in [3.63, 3.8) is 0 Å². The van der Waals surface area contributed by atoms with Crippen molar-refractivity contribution in [2.75, 3.05) is 6.61 Å². The molecule has 6 nitrogen and oxygen atoms in total. The van der Waals surface area contributed by atoms with E-state index in [1.165, 1.54) is 0 Å². The van der Waals surface area contributed by atoms with Gasteiger partial charge in [0.15, 0.2) is 11.8 Å². The van der Waals surface area contributed by atoms with Crippen LogP contribution in [0.3, 0.4) is 0 Å². The monoisotopic (exact) mass is 333 g/mol. The third-order valence-electron chi connectivity index (χ3n) is 4.03. The summed E-state index contributed by atoms with van der Waals surface area (Å²) in [5.41, 5.74) is 0. The number of amides is 1. The lowest BCUT2D eigenvalue weighted by atomic mass is 9.84. The lowest BCUT2D eigenvalue weighted by Gasteiger charge is -2.24. The molecule has 130 valence electrons. The van der Waals surface area contributed by atoms with Crippen LogP contribution in [0.25, 0.3) is 0 Å². The third-order valence-corrected chi connectivity index (χ3v) is 4.03. The fourth-order valence-corrected chi connectivity index (χ4v) is 2.84. The lowest BCUT2D eigenvalue weighted by Crippen LogP contribution is -2.50. The highest BCUT2D eigenvalue weighted by atomic mass is 16.6. The van der Waals surface area contributed by atoms with Gasteiger partial charge in [0.05, 0.1) is 6.61 Å². The van der Waals surface area contributed by atoms with E-state index in [4.69, 9.17) is 9.47 Å². The summed E-state index contributed by atoms with van der Waals surface area (Å²) in [4.78, 5) is 36.8. The molecule has 1 aromatic carbocycles. The van der Waals surface area contributed by atoms with Crippen LogP contribution in [0.15, 0.2) is 30.3 Å². The number of Topliss-reactive ketones (excluding diaryl/α,β-unsaturated/α-hetero) is 1. The Labute approximate surface area is 141 Å². The molecular formula is C18H23NO5. The highest BCUT2D eigenvalue weighted by Gasteiger charge is 2.35. The van der Waals surface area contributed by atoms with E-state index in [9.17, 15) is 14.4 Å². The van der Waals surface area contributed by atoms with Crippen LogP contribution in [0.4, 0.5) is 4.79 Å². The molecule has 0 heterocycles. The van der Waals surface area contributed by atoms with Crippen LogP contribution < -0.4 is 10.1 Å². The molecule has 0 spiro atoms. The number of ether oxygens (including phenoxy) is 2. The second-order valence-corrected chi connectivity index (χ2v) is 5.77. The third kappa shape index (κ3) is 5.08. The number of ketones is 1. The highest BCUT2D eigenvalue weighted by molar-refractivity contribution is 6.06. The van der Waals surface area contributed by atoms with E-state index < -0.39 is 18.1 Å². The zero-order valence-electron chi connectivity index (χ0n) is 13.8. The summed E-state index contributed by atoms with van der Waals surface area (Å²) in [7, 11) is 0. The molecule has 1 aliphatic rings.